The van der Waals surface area contributed by atoms with Gasteiger partial charge in [-0.3, -0.25) is 4.90 Å². The van der Waals surface area contributed by atoms with Gasteiger partial charge in [0.15, 0.2) is 0 Å². The summed E-state index contributed by atoms with van der Waals surface area (Å²) in [7, 11) is 2.02. The summed E-state index contributed by atoms with van der Waals surface area (Å²) in [4.78, 5) is 2.14. The maximum atomic E-state index is 13.2. The van der Waals surface area contributed by atoms with E-state index in [0.29, 0.717) is 18.3 Å². The number of nitrogens with zero attached hydrogens (tertiary/aromatic N) is 1. The topological polar surface area (TPSA) is 38.5 Å². The Morgan fingerprint density at radius 2 is 2.28 bits per heavy atom. The Balaban J connectivity index is 1.89. The van der Waals surface area contributed by atoms with Crippen LogP contribution in [0.25, 0.3) is 0 Å². The van der Waals surface area contributed by atoms with Crippen molar-refractivity contribution < 1.29 is 9.13 Å². The molecule has 18 heavy (non-hydrogen) atoms. The highest BCUT2D eigenvalue weighted by Gasteiger charge is 2.16. The molecule has 0 aromatic heterocycles. The van der Waals surface area contributed by atoms with Crippen LogP contribution >= 0.6 is 0 Å². The van der Waals surface area contributed by atoms with Gasteiger partial charge in [-0.25, -0.2) is 4.39 Å². The molecule has 2 N–H and O–H groups in total. The van der Waals surface area contributed by atoms with E-state index in [1.54, 1.807) is 6.07 Å². The third-order valence-corrected chi connectivity index (χ3v) is 3.33. The molecule has 0 spiro atoms. The summed E-state index contributed by atoms with van der Waals surface area (Å²) in [6.45, 7) is 2.39. The molecule has 3 nitrogen and oxygen atoms in total. The van der Waals surface area contributed by atoms with Crippen molar-refractivity contribution in [3.8, 4) is 0 Å². The van der Waals surface area contributed by atoms with Gasteiger partial charge in [0, 0.05) is 25.4 Å². The second kappa shape index (κ2) is 6.16. The van der Waals surface area contributed by atoms with Crippen LogP contribution in [0.15, 0.2) is 18.2 Å². The van der Waals surface area contributed by atoms with E-state index in [-0.39, 0.29) is 5.82 Å². The summed E-state index contributed by atoms with van der Waals surface area (Å²) in [5.74, 6) is -0.235. The van der Waals surface area contributed by atoms with E-state index in [1.807, 2.05) is 7.05 Å². The summed E-state index contributed by atoms with van der Waals surface area (Å²) in [6, 6.07) is 4.52. The number of ether oxygens (including phenoxy) is 1. The molecular weight excluding hydrogens is 231 g/mol. The average Bonchev–Trinajstić information content (AvgIpc) is 2.35. The van der Waals surface area contributed by atoms with Crippen molar-refractivity contribution in [3.63, 3.8) is 0 Å². The highest BCUT2D eigenvalue weighted by atomic mass is 19.1. The smallest absolute Gasteiger partial charge is 0.123 e. The van der Waals surface area contributed by atoms with Gasteiger partial charge in [0.05, 0.1) is 6.10 Å². The van der Waals surface area contributed by atoms with Crippen molar-refractivity contribution in [2.45, 2.75) is 31.9 Å². The second-order valence-corrected chi connectivity index (χ2v) is 5.03. The number of rotatable bonds is 4. The number of likely N-dealkylation sites (N-methyl/N-ethyl adjacent to an activating group) is 1. The summed E-state index contributed by atoms with van der Waals surface area (Å²) < 4.78 is 18.9. The number of hydrogen-bond acceptors (Lipinski definition) is 3. The highest BCUT2D eigenvalue weighted by Crippen LogP contribution is 2.17. The molecule has 1 atom stereocenters. The Morgan fingerprint density at radius 1 is 1.44 bits per heavy atom. The molecular formula is C14H21FN2O. The molecule has 100 valence electrons. The van der Waals surface area contributed by atoms with Gasteiger partial charge >= 0.3 is 0 Å². The Labute approximate surface area is 108 Å². The van der Waals surface area contributed by atoms with Crippen LogP contribution in [0.4, 0.5) is 10.1 Å². The molecule has 1 aliphatic rings. The lowest BCUT2D eigenvalue weighted by atomic mass is 10.1. The van der Waals surface area contributed by atoms with E-state index in [0.717, 1.165) is 31.6 Å². The normalized spacial score (nSPS) is 20.3. The highest BCUT2D eigenvalue weighted by molar-refractivity contribution is 5.46. The van der Waals surface area contributed by atoms with Crippen molar-refractivity contribution >= 4 is 5.69 Å². The SMILES string of the molecule is CN(Cc1cc(F)ccc1N)CC1CCCCO1. The lowest BCUT2D eigenvalue weighted by molar-refractivity contribution is -0.00257. The van der Waals surface area contributed by atoms with Crippen LogP contribution in [0.3, 0.4) is 0 Å². The van der Waals surface area contributed by atoms with E-state index in [2.05, 4.69) is 4.90 Å². The minimum absolute atomic E-state index is 0.235. The van der Waals surface area contributed by atoms with Gasteiger partial charge in [0.25, 0.3) is 0 Å². The van der Waals surface area contributed by atoms with Crippen molar-refractivity contribution in [1.82, 2.24) is 4.90 Å². The standard InChI is InChI=1S/C14H21FN2O/c1-17(10-13-4-2-3-7-18-13)9-11-8-12(15)5-6-14(11)16/h5-6,8,13H,2-4,7,9-10,16H2,1H3. The van der Waals surface area contributed by atoms with Crippen molar-refractivity contribution in [2.75, 3.05) is 25.9 Å². The molecule has 1 saturated heterocycles. The first-order chi connectivity index (χ1) is 8.65. The number of nitrogen functional groups attached to an aromatic ring is 1. The van der Waals surface area contributed by atoms with Gasteiger partial charge in [-0.15, -0.1) is 0 Å². The van der Waals surface area contributed by atoms with Crippen LogP contribution < -0.4 is 5.73 Å². The van der Waals surface area contributed by atoms with Gasteiger partial charge in [-0.1, -0.05) is 0 Å². The summed E-state index contributed by atoms with van der Waals surface area (Å²) >= 11 is 0. The zero-order valence-corrected chi connectivity index (χ0v) is 10.9. The predicted octanol–water partition coefficient (Wildman–Crippen LogP) is 2.41. The lowest BCUT2D eigenvalue weighted by Crippen LogP contribution is -2.33. The monoisotopic (exact) mass is 252 g/mol. The third kappa shape index (κ3) is 3.68. The van der Waals surface area contributed by atoms with Crippen molar-refractivity contribution in [2.24, 2.45) is 0 Å². The summed E-state index contributed by atoms with van der Waals surface area (Å²) in [5.41, 5.74) is 7.33. The minimum Gasteiger partial charge on any atom is -0.398 e. The van der Waals surface area contributed by atoms with Crippen LogP contribution in [-0.4, -0.2) is 31.2 Å². The molecule has 0 aliphatic carbocycles. The average molecular weight is 252 g/mol. The van der Waals surface area contributed by atoms with Crippen LogP contribution in [0.2, 0.25) is 0 Å². The molecule has 1 aromatic carbocycles. The molecule has 0 saturated carbocycles. The number of halogens is 1. The maximum absolute atomic E-state index is 13.2. The number of nitrogens with two attached hydrogens (primary N) is 1. The van der Waals surface area contributed by atoms with Crippen molar-refractivity contribution in [3.05, 3.63) is 29.6 Å². The zero-order chi connectivity index (χ0) is 13.0. The maximum Gasteiger partial charge on any atom is 0.123 e. The van der Waals surface area contributed by atoms with Crippen LogP contribution in [-0.2, 0) is 11.3 Å². The van der Waals surface area contributed by atoms with Gasteiger partial charge in [-0.2, -0.15) is 0 Å². The Kier molecular flexibility index (Phi) is 4.55. The van der Waals surface area contributed by atoms with Gasteiger partial charge in [-0.05, 0) is 50.1 Å². The zero-order valence-electron chi connectivity index (χ0n) is 10.9. The molecule has 1 heterocycles. The molecule has 4 heteroatoms. The van der Waals surface area contributed by atoms with E-state index in [1.165, 1.54) is 18.6 Å². The van der Waals surface area contributed by atoms with E-state index >= 15 is 0 Å². The Bertz CT molecular complexity index is 391. The quantitative estimate of drug-likeness (QED) is 0.836. The van der Waals surface area contributed by atoms with Gasteiger partial charge in [0.2, 0.25) is 0 Å². The van der Waals surface area contributed by atoms with Crippen LogP contribution in [0, 0.1) is 5.82 Å². The van der Waals surface area contributed by atoms with E-state index in [9.17, 15) is 4.39 Å². The van der Waals surface area contributed by atoms with Crippen LogP contribution in [0.5, 0.6) is 0 Å². The second-order valence-electron chi connectivity index (χ2n) is 5.03. The summed E-state index contributed by atoms with van der Waals surface area (Å²) in [6.07, 6.45) is 3.82. The third-order valence-electron chi connectivity index (χ3n) is 3.33. The van der Waals surface area contributed by atoms with Gasteiger partial charge < -0.3 is 10.5 Å². The number of hydrogen-bond donors (Lipinski definition) is 1. The fourth-order valence-electron chi connectivity index (χ4n) is 2.37. The summed E-state index contributed by atoms with van der Waals surface area (Å²) in [5, 5.41) is 0. The largest absolute Gasteiger partial charge is 0.398 e. The molecule has 1 unspecified atom stereocenters. The number of anilines is 1. The first-order valence-corrected chi connectivity index (χ1v) is 6.49. The van der Waals surface area contributed by atoms with Crippen molar-refractivity contribution in [1.29, 1.82) is 0 Å². The molecule has 0 bridgehead atoms. The fourth-order valence-corrected chi connectivity index (χ4v) is 2.37. The first kappa shape index (κ1) is 13.3. The molecule has 2 rings (SSSR count). The molecule has 1 fully saturated rings. The Hall–Kier alpha value is -1.13. The fraction of sp³-hybridized carbons (Fsp3) is 0.571. The van der Waals surface area contributed by atoms with E-state index in [4.69, 9.17) is 10.5 Å². The van der Waals surface area contributed by atoms with Gasteiger partial charge in [0.1, 0.15) is 5.82 Å². The lowest BCUT2D eigenvalue weighted by Gasteiger charge is -2.27. The Morgan fingerprint density at radius 3 is 3.00 bits per heavy atom. The predicted molar refractivity (Wildman–Crippen MR) is 70.7 cm³/mol. The molecule has 0 radical (unpaired) electrons. The van der Waals surface area contributed by atoms with Crippen LogP contribution in [0.1, 0.15) is 24.8 Å². The number of benzene rings is 1. The molecule has 1 aromatic rings. The molecule has 0 amide bonds. The minimum atomic E-state index is -0.235. The van der Waals surface area contributed by atoms with E-state index < -0.39 is 0 Å². The molecule has 1 aliphatic heterocycles. The first-order valence-electron chi connectivity index (χ1n) is 6.49.